The summed E-state index contributed by atoms with van der Waals surface area (Å²) in [5.74, 6) is 0.888. The number of urea groups is 1. The van der Waals surface area contributed by atoms with E-state index in [2.05, 4.69) is 31.5 Å². The minimum Gasteiger partial charge on any atom is -0.343 e. The van der Waals surface area contributed by atoms with Crippen LogP contribution in [-0.2, 0) is 6.42 Å². The molecule has 1 N–H and O–H groups in total. The Bertz CT molecular complexity index is 668. The van der Waals surface area contributed by atoms with Gasteiger partial charge in [-0.2, -0.15) is 4.37 Å². The van der Waals surface area contributed by atoms with Gasteiger partial charge in [-0.25, -0.2) is 9.78 Å². The van der Waals surface area contributed by atoms with Crippen LogP contribution in [0.1, 0.15) is 31.4 Å². The first kappa shape index (κ1) is 16.6. The number of rotatable bonds is 4. The first-order valence-corrected chi connectivity index (χ1v) is 8.98. The minimum absolute atomic E-state index is 0.0423. The van der Waals surface area contributed by atoms with E-state index in [1.807, 2.05) is 30.0 Å². The molecule has 1 fully saturated rings. The van der Waals surface area contributed by atoms with E-state index in [0.717, 1.165) is 36.2 Å². The molecule has 1 atom stereocenters. The van der Waals surface area contributed by atoms with Crippen molar-refractivity contribution in [3.05, 3.63) is 35.9 Å². The molecule has 128 valence electrons. The number of anilines is 1. The molecule has 2 aromatic rings. The minimum atomic E-state index is -0.105. The number of amides is 2. The van der Waals surface area contributed by atoms with Crippen LogP contribution in [0.4, 0.5) is 9.93 Å². The molecule has 2 amide bonds. The highest BCUT2D eigenvalue weighted by Gasteiger charge is 2.24. The van der Waals surface area contributed by atoms with E-state index >= 15 is 0 Å². The Morgan fingerprint density at radius 1 is 1.33 bits per heavy atom. The Morgan fingerprint density at radius 2 is 2.12 bits per heavy atom. The van der Waals surface area contributed by atoms with Gasteiger partial charge in [-0.15, -0.1) is 0 Å². The molecule has 7 nitrogen and oxygen atoms in total. The molecular formula is C16H22N6OS. The normalized spacial score (nSPS) is 16.1. The predicted molar refractivity (Wildman–Crippen MR) is 94.3 cm³/mol. The lowest BCUT2D eigenvalue weighted by Crippen LogP contribution is -2.52. The summed E-state index contributed by atoms with van der Waals surface area (Å²) in [6, 6.07) is 5.57. The largest absolute Gasteiger partial charge is 0.343 e. The number of nitrogens with one attached hydrogen (secondary N) is 1. The third-order valence-electron chi connectivity index (χ3n) is 4.08. The number of hydrogen-bond donors (Lipinski definition) is 1. The zero-order valence-corrected chi connectivity index (χ0v) is 14.8. The van der Waals surface area contributed by atoms with Gasteiger partial charge in [0.05, 0.1) is 11.7 Å². The van der Waals surface area contributed by atoms with Crippen molar-refractivity contribution in [1.82, 2.24) is 24.6 Å². The Kier molecular flexibility index (Phi) is 5.24. The van der Waals surface area contributed by atoms with Crippen molar-refractivity contribution < 1.29 is 4.79 Å². The molecule has 0 saturated carbocycles. The van der Waals surface area contributed by atoms with E-state index in [-0.39, 0.29) is 12.1 Å². The van der Waals surface area contributed by atoms with E-state index in [1.165, 1.54) is 11.5 Å². The summed E-state index contributed by atoms with van der Waals surface area (Å²) < 4.78 is 4.33. The number of carbonyl (C=O) groups excluding carboxylic acids is 1. The summed E-state index contributed by atoms with van der Waals surface area (Å²) in [5, 5.41) is 3.97. The lowest BCUT2D eigenvalue weighted by Gasteiger charge is -2.34. The van der Waals surface area contributed by atoms with E-state index in [0.29, 0.717) is 13.1 Å². The Hall–Kier alpha value is -2.22. The Morgan fingerprint density at radius 3 is 2.75 bits per heavy atom. The molecule has 0 aliphatic carbocycles. The van der Waals surface area contributed by atoms with Gasteiger partial charge < -0.3 is 15.1 Å². The van der Waals surface area contributed by atoms with Crippen molar-refractivity contribution in [2.45, 2.75) is 26.3 Å². The smallest absolute Gasteiger partial charge is 0.318 e. The molecule has 1 aliphatic heterocycles. The standard InChI is InChI=1S/C16H22N6OS/c1-3-14-19-16(24-20-14)22-10-8-21(9-11-22)15(23)18-12(2)13-6-4-5-7-17-13/h4-7,12H,3,8-11H2,1-2H3,(H,18,23)/t12-/m0/s1. The number of piperazine rings is 1. The molecule has 0 bridgehead atoms. The van der Waals surface area contributed by atoms with Gasteiger partial charge in [-0.1, -0.05) is 13.0 Å². The maximum Gasteiger partial charge on any atom is 0.318 e. The Labute approximate surface area is 145 Å². The van der Waals surface area contributed by atoms with Gasteiger partial charge in [0.15, 0.2) is 0 Å². The number of aryl methyl sites for hydroxylation is 1. The summed E-state index contributed by atoms with van der Waals surface area (Å²) in [6.45, 7) is 6.93. The van der Waals surface area contributed by atoms with Crippen LogP contribution in [0.3, 0.4) is 0 Å². The number of nitrogens with zero attached hydrogens (tertiary/aromatic N) is 5. The van der Waals surface area contributed by atoms with Crippen molar-refractivity contribution in [2.24, 2.45) is 0 Å². The first-order valence-electron chi connectivity index (χ1n) is 8.21. The van der Waals surface area contributed by atoms with Gasteiger partial charge in [0, 0.05) is 50.3 Å². The fourth-order valence-electron chi connectivity index (χ4n) is 2.60. The molecule has 2 aromatic heterocycles. The number of aromatic nitrogens is 3. The molecule has 3 rings (SSSR count). The SMILES string of the molecule is CCc1nsc(N2CCN(C(=O)N[C@@H](C)c3ccccn3)CC2)n1. The van der Waals surface area contributed by atoms with Crippen LogP contribution < -0.4 is 10.2 Å². The zero-order chi connectivity index (χ0) is 16.9. The van der Waals surface area contributed by atoms with E-state index < -0.39 is 0 Å². The van der Waals surface area contributed by atoms with Crippen LogP contribution in [0.2, 0.25) is 0 Å². The summed E-state index contributed by atoms with van der Waals surface area (Å²) >= 11 is 1.44. The molecule has 0 spiro atoms. The lowest BCUT2D eigenvalue weighted by molar-refractivity contribution is 0.191. The quantitative estimate of drug-likeness (QED) is 0.917. The average molecular weight is 346 g/mol. The first-order chi connectivity index (χ1) is 11.7. The second-order valence-electron chi connectivity index (χ2n) is 5.75. The summed E-state index contributed by atoms with van der Waals surface area (Å²) in [6.07, 6.45) is 2.59. The van der Waals surface area contributed by atoms with Gasteiger partial charge in [-0.3, -0.25) is 4.98 Å². The van der Waals surface area contributed by atoms with E-state index in [4.69, 9.17) is 0 Å². The average Bonchev–Trinajstić information content (AvgIpc) is 3.11. The monoisotopic (exact) mass is 346 g/mol. The highest BCUT2D eigenvalue weighted by molar-refractivity contribution is 7.09. The number of carbonyl (C=O) groups is 1. The van der Waals surface area contributed by atoms with E-state index in [9.17, 15) is 4.79 Å². The molecule has 0 radical (unpaired) electrons. The molecule has 3 heterocycles. The molecule has 1 saturated heterocycles. The summed E-state index contributed by atoms with van der Waals surface area (Å²) in [4.78, 5) is 25.3. The zero-order valence-electron chi connectivity index (χ0n) is 14.0. The lowest BCUT2D eigenvalue weighted by atomic mass is 10.2. The number of pyridine rings is 1. The summed E-state index contributed by atoms with van der Waals surface area (Å²) in [5.41, 5.74) is 0.866. The molecule has 8 heteroatoms. The molecule has 0 aromatic carbocycles. The van der Waals surface area contributed by atoms with Crippen molar-refractivity contribution in [3.8, 4) is 0 Å². The van der Waals surface area contributed by atoms with Gasteiger partial charge in [-0.05, 0) is 19.1 Å². The number of hydrogen-bond acceptors (Lipinski definition) is 6. The van der Waals surface area contributed by atoms with Crippen LogP contribution >= 0.6 is 11.5 Å². The maximum absolute atomic E-state index is 12.4. The predicted octanol–water partition coefficient (Wildman–Crippen LogP) is 2.09. The molecule has 0 unspecified atom stereocenters. The molecular weight excluding hydrogens is 324 g/mol. The van der Waals surface area contributed by atoms with Crippen LogP contribution in [0.15, 0.2) is 24.4 Å². The third-order valence-corrected chi connectivity index (χ3v) is 4.90. The van der Waals surface area contributed by atoms with Gasteiger partial charge >= 0.3 is 6.03 Å². The fourth-order valence-corrected chi connectivity index (χ4v) is 3.40. The van der Waals surface area contributed by atoms with Crippen LogP contribution in [-0.4, -0.2) is 51.5 Å². The highest BCUT2D eigenvalue weighted by atomic mass is 32.1. The van der Waals surface area contributed by atoms with Gasteiger partial charge in [0.25, 0.3) is 0 Å². The molecule has 24 heavy (non-hydrogen) atoms. The topological polar surface area (TPSA) is 74.2 Å². The third kappa shape index (κ3) is 3.81. The van der Waals surface area contributed by atoms with Gasteiger partial charge in [0.1, 0.15) is 5.82 Å². The Balaban J connectivity index is 1.51. The molecule has 1 aliphatic rings. The van der Waals surface area contributed by atoms with Crippen molar-refractivity contribution >= 4 is 22.7 Å². The van der Waals surface area contributed by atoms with Gasteiger partial charge in [0.2, 0.25) is 5.13 Å². The second kappa shape index (κ2) is 7.57. The highest BCUT2D eigenvalue weighted by Crippen LogP contribution is 2.19. The fraction of sp³-hybridized carbons (Fsp3) is 0.500. The van der Waals surface area contributed by atoms with Crippen LogP contribution in [0.25, 0.3) is 0 Å². The van der Waals surface area contributed by atoms with E-state index in [1.54, 1.807) is 6.20 Å². The van der Waals surface area contributed by atoms with Crippen LogP contribution in [0, 0.1) is 0 Å². The summed E-state index contributed by atoms with van der Waals surface area (Å²) in [7, 11) is 0. The second-order valence-corrected chi connectivity index (χ2v) is 6.48. The van der Waals surface area contributed by atoms with Crippen molar-refractivity contribution in [3.63, 3.8) is 0 Å². The van der Waals surface area contributed by atoms with Crippen molar-refractivity contribution in [1.29, 1.82) is 0 Å². The van der Waals surface area contributed by atoms with Crippen molar-refractivity contribution in [2.75, 3.05) is 31.1 Å². The maximum atomic E-state index is 12.4. The van der Waals surface area contributed by atoms with Crippen LogP contribution in [0.5, 0.6) is 0 Å².